The zero-order valence-corrected chi connectivity index (χ0v) is 10.9. The molecule has 15 heavy (non-hydrogen) atoms. The molecular weight excluding hydrogens is 214 g/mol. The molecule has 0 bridgehead atoms. The van der Waals surface area contributed by atoms with E-state index in [1.807, 2.05) is 27.2 Å². The van der Waals surface area contributed by atoms with Gasteiger partial charge in [0.2, 0.25) is 0 Å². The van der Waals surface area contributed by atoms with Gasteiger partial charge in [0, 0.05) is 0 Å². The first-order valence-corrected chi connectivity index (χ1v) is 5.07. The predicted octanol–water partition coefficient (Wildman–Crippen LogP) is -1.40. The molecule has 0 aliphatic carbocycles. The number of rotatable bonds is 6. The van der Waals surface area contributed by atoms with Crippen molar-refractivity contribution < 1.29 is 26.4 Å². The molecule has 0 aliphatic rings. The van der Waals surface area contributed by atoms with Gasteiger partial charge in [0.05, 0.1) is 27.7 Å². The molecule has 0 rings (SSSR count). The average molecular weight is 236 g/mol. The second kappa shape index (κ2) is 8.74. The van der Waals surface area contributed by atoms with Gasteiger partial charge < -0.3 is 21.6 Å². The minimum Gasteiger partial charge on any atom is -1.00 e. The van der Waals surface area contributed by atoms with Crippen LogP contribution in [-0.4, -0.2) is 44.7 Å². The maximum atomic E-state index is 11.2. The molecule has 0 aromatic carbocycles. The van der Waals surface area contributed by atoms with Crippen LogP contribution in [0.4, 0.5) is 0 Å². The van der Waals surface area contributed by atoms with E-state index in [1.165, 1.54) is 0 Å². The van der Waals surface area contributed by atoms with Crippen LogP contribution in [0.5, 0.6) is 0 Å². The van der Waals surface area contributed by atoms with Crippen molar-refractivity contribution in [2.24, 2.45) is 0 Å². The maximum Gasteiger partial charge on any atom is 0.361 e. The highest BCUT2D eigenvalue weighted by Crippen LogP contribution is 1.93. The molecule has 0 N–H and O–H groups in total. The Morgan fingerprint density at radius 3 is 2.33 bits per heavy atom. The molecule has 0 atom stereocenters. The maximum absolute atomic E-state index is 11.2. The number of halogens is 1. The van der Waals surface area contributed by atoms with Crippen LogP contribution >= 0.6 is 0 Å². The van der Waals surface area contributed by atoms with Gasteiger partial charge in [0.15, 0.2) is 6.54 Å². The molecule has 4 heteroatoms. The summed E-state index contributed by atoms with van der Waals surface area (Å²) in [5, 5.41) is 0. The van der Waals surface area contributed by atoms with Crippen molar-refractivity contribution in [2.45, 2.75) is 19.8 Å². The Labute approximate surface area is 99.1 Å². The molecule has 0 aliphatic heterocycles. The van der Waals surface area contributed by atoms with E-state index in [2.05, 4.69) is 13.0 Å². The lowest BCUT2D eigenvalue weighted by atomic mass is 10.3. The lowest BCUT2D eigenvalue weighted by Gasteiger charge is -2.22. The fourth-order valence-electron chi connectivity index (χ4n) is 0.958. The van der Waals surface area contributed by atoms with Gasteiger partial charge in [-0.3, -0.25) is 0 Å². The average Bonchev–Trinajstić information content (AvgIpc) is 2.00. The third kappa shape index (κ3) is 13.5. The Bertz CT molecular complexity index is 197. The highest BCUT2D eigenvalue weighted by atomic mass is 35.5. The number of hydrogen-bond acceptors (Lipinski definition) is 2. The normalized spacial score (nSPS) is 11.2. The van der Waals surface area contributed by atoms with Crippen LogP contribution in [0.3, 0.4) is 0 Å². The van der Waals surface area contributed by atoms with Gasteiger partial charge in [-0.2, -0.15) is 0 Å². The van der Waals surface area contributed by atoms with Crippen molar-refractivity contribution in [3.05, 3.63) is 12.2 Å². The minimum absolute atomic E-state index is 0. The van der Waals surface area contributed by atoms with Crippen LogP contribution in [0.2, 0.25) is 0 Å². The minimum atomic E-state index is -0.123. The number of carbonyl (C=O) groups is 1. The SMILES string of the molecule is CC/C=C\CCOC(=O)C[N+](C)(C)C.[Cl-]. The lowest BCUT2D eigenvalue weighted by molar-refractivity contribution is -0.862. The second-order valence-electron chi connectivity index (χ2n) is 4.34. The third-order valence-electron chi connectivity index (χ3n) is 1.55. The molecule has 0 spiro atoms. The number of likely N-dealkylation sites (N-methyl/N-ethyl adjacent to an activating group) is 1. The van der Waals surface area contributed by atoms with Gasteiger partial charge in [-0.1, -0.05) is 19.1 Å². The molecule has 0 aromatic rings. The molecule has 0 amide bonds. The summed E-state index contributed by atoms with van der Waals surface area (Å²) in [4.78, 5) is 11.2. The van der Waals surface area contributed by atoms with Crippen LogP contribution in [0.15, 0.2) is 12.2 Å². The van der Waals surface area contributed by atoms with Crippen molar-refractivity contribution in [3.8, 4) is 0 Å². The van der Waals surface area contributed by atoms with Gasteiger partial charge in [-0.15, -0.1) is 0 Å². The standard InChI is InChI=1S/C11H22NO2.ClH/c1-5-6-7-8-9-14-11(13)10-12(2,3)4;/h6-7H,5,8-10H2,1-4H3;1H/q+1;/p-1/b7-6-;. The molecule has 0 radical (unpaired) electrons. The Hall–Kier alpha value is -0.540. The quantitative estimate of drug-likeness (QED) is 0.245. The summed E-state index contributed by atoms with van der Waals surface area (Å²) in [7, 11) is 5.91. The van der Waals surface area contributed by atoms with Crippen LogP contribution < -0.4 is 12.4 Å². The number of quaternary nitrogens is 1. The van der Waals surface area contributed by atoms with E-state index in [0.29, 0.717) is 17.6 Å². The first-order valence-electron chi connectivity index (χ1n) is 5.07. The predicted molar refractivity (Wildman–Crippen MR) is 57.9 cm³/mol. The summed E-state index contributed by atoms with van der Waals surface area (Å²) in [6.07, 6.45) is 5.97. The van der Waals surface area contributed by atoms with Gasteiger partial charge in [-0.05, 0) is 12.8 Å². The monoisotopic (exact) mass is 235 g/mol. The van der Waals surface area contributed by atoms with E-state index in [-0.39, 0.29) is 18.4 Å². The summed E-state index contributed by atoms with van der Waals surface area (Å²) >= 11 is 0. The number of hydrogen-bond donors (Lipinski definition) is 0. The van der Waals surface area contributed by atoms with E-state index < -0.39 is 0 Å². The second-order valence-corrected chi connectivity index (χ2v) is 4.34. The molecule has 0 aromatic heterocycles. The zero-order chi connectivity index (χ0) is 11.0. The molecule has 90 valence electrons. The Morgan fingerprint density at radius 2 is 1.87 bits per heavy atom. The number of allylic oxidation sites excluding steroid dienone is 1. The van der Waals surface area contributed by atoms with E-state index in [0.717, 1.165) is 12.8 Å². The van der Waals surface area contributed by atoms with Crippen molar-refractivity contribution in [1.82, 2.24) is 0 Å². The number of nitrogens with zero attached hydrogens (tertiary/aromatic N) is 1. The van der Waals surface area contributed by atoms with E-state index in [1.54, 1.807) is 0 Å². The molecular formula is C11H22ClNO2. The Morgan fingerprint density at radius 1 is 1.27 bits per heavy atom. The number of esters is 1. The first kappa shape index (κ1) is 16.9. The number of carbonyl (C=O) groups excluding carboxylic acids is 1. The largest absolute Gasteiger partial charge is 1.00 e. The van der Waals surface area contributed by atoms with Crippen LogP contribution in [0.1, 0.15) is 19.8 Å². The van der Waals surface area contributed by atoms with Crippen LogP contribution in [-0.2, 0) is 9.53 Å². The highest BCUT2D eigenvalue weighted by Gasteiger charge is 2.14. The molecule has 0 fully saturated rings. The number of ether oxygens (including phenoxy) is 1. The van der Waals surface area contributed by atoms with Gasteiger partial charge >= 0.3 is 5.97 Å². The van der Waals surface area contributed by atoms with Gasteiger partial charge in [-0.25, -0.2) is 4.79 Å². The molecule has 0 heterocycles. The van der Waals surface area contributed by atoms with E-state index in [9.17, 15) is 4.79 Å². The van der Waals surface area contributed by atoms with Crippen molar-refractivity contribution >= 4 is 5.97 Å². The van der Waals surface area contributed by atoms with Crippen LogP contribution in [0.25, 0.3) is 0 Å². The van der Waals surface area contributed by atoms with Crippen molar-refractivity contribution in [2.75, 3.05) is 34.3 Å². The summed E-state index contributed by atoms with van der Waals surface area (Å²) < 4.78 is 5.67. The smallest absolute Gasteiger partial charge is 0.361 e. The fraction of sp³-hybridized carbons (Fsp3) is 0.727. The Kier molecular flexibility index (Phi) is 9.84. The molecule has 0 saturated carbocycles. The highest BCUT2D eigenvalue weighted by molar-refractivity contribution is 5.70. The summed E-state index contributed by atoms with van der Waals surface area (Å²) in [6, 6.07) is 0. The molecule has 0 saturated heterocycles. The van der Waals surface area contributed by atoms with Gasteiger partial charge in [0.25, 0.3) is 0 Å². The topological polar surface area (TPSA) is 26.3 Å². The lowest BCUT2D eigenvalue weighted by Crippen LogP contribution is -3.00. The zero-order valence-electron chi connectivity index (χ0n) is 10.1. The van der Waals surface area contributed by atoms with Crippen molar-refractivity contribution in [1.29, 1.82) is 0 Å². The van der Waals surface area contributed by atoms with Gasteiger partial charge in [0.1, 0.15) is 0 Å². The molecule has 0 unspecified atom stereocenters. The summed E-state index contributed by atoms with van der Waals surface area (Å²) in [5.74, 6) is -0.123. The van der Waals surface area contributed by atoms with E-state index in [4.69, 9.17) is 4.74 Å². The molecule has 3 nitrogen and oxygen atoms in total. The third-order valence-corrected chi connectivity index (χ3v) is 1.55. The first-order chi connectivity index (χ1) is 6.45. The fourth-order valence-corrected chi connectivity index (χ4v) is 0.958. The Balaban J connectivity index is 0. The summed E-state index contributed by atoms with van der Waals surface area (Å²) in [6.45, 7) is 3.01. The van der Waals surface area contributed by atoms with Crippen molar-refractivity contribution in [3.63, 3.8) is 0 Å². The van der Waals surface area contributed by atoms with E-state index >= 15 is 0 Å². The summed E-state index contributed by atoms with van der Waals surface area (Å²) in [5.41, 5.74) is 0. The van der Waals surface area contributed by atoms with Crippen LogP contribution in [0, 0.1) is 0 Å².